The van der Waals surface area contributed by atoms with E-state index in [2.05, 4.69) is 32.0 Å². The number of aromatic nitrogens is 2. The van der Waals surface area contributed by atoms with E-state index in [0.29, 0.717) is 21.7 Å². The lowest BCUT2D eigenvalue weighted by molar-refractivity contribution is 0.270. The molecule has 128 valence electrons. The number of benzene rings is 1. The van der Waals surface area contributed by atoms with E-state index < -0.39 is 0 Å². The Hall–Kier alpha value is -1.56. The summed E-state index contributed by atoms with van der Waals surface area (Å²) in [6.45, 7) is 9.32. The molecule has 1 aliphatic rings. The van der Waals surface area contributed by atoms with E-state index in [-0.39, 0.29) is 0 Å². The van der Waals surface area contributed by atoms with E-state index in [0.717, 1.165) is 44.2 Å². The molecule has 0 atom stereocenters. The maximum Gasteiger partial charge on any atom is 0.229 e. The highest BCUT2D eigenvalue weighted by molar-refractivity contribution is 6.43. The average Bonchev–Trinajstić information content (AvgIpc) is 2.58. The molecule has 2 aromatic rings. The Balaban J connectivity index is 1.80. The molecule has 1 aromatic heterocycles. The van der Waals surface area contributed by atoms with Crippen LogP contribution < -0.4 is 10.2 Å². The van der Waals surface area contributed by atoms with Crippen LogP contribution in [0.2, 0.25) is 10.0 Å². The molecule has 7 heteroatoms. The Bertz CT molecular complexity index is 714. The van der Waals surface area contributed by atoms with Gasteiger partial charge in [0.25, 0.3) is 0 Å². The van der Waals surface area contributed by atoms with E-state index in [1.807, 2.05) is 25.1 Å². The molecule has 1 fully saturated rings. The maximum atomic E-state index is 6.24. The maximum absolute atomic E-state index is 6.24. The minimum atomic E-state index is 0.474. The highest BCUT2D eigenvalue weighted by atomic mass is 35.5. The van der Waals surface area contributed by atoms with Crippen molar-refractivity contribution in [2.45, 2.75) is 13.8 Å². The summed E-state index contributed by atoms with van der Waals surface area (Å²) in [5, 5.41) is 4.16. The average molecular weight is 366 g/mol. The van der Waals surface area contributed by atoms with Crippen molar-refractivity contribution in [3.8, 4) is 0 Å². The Kier molecular flexibility index (Phi) is 5.43. The molecule has 0 spiro atoms. The van der Waals surface area contributed by atoms with Gasteiger partial charge in [-0.3, -0.25) is 0 Å². The smallest absolute Gasteiger partial charge is 0.229 e. The van der Waals surface area contributed by atoms with Gasteiger partial charge in [0.1, 0.15) is 5.82 Å². The van der Waals surface area contributed by atoms with Crippen molar-refractivity contribution in [1.29, 1.82) is 0 Å². The van der Waals surface area contributed by atoms with Crippen LogP contribution in [0.4, 0.5) is 17.5 Å². The van der Waals surface area contributed by atoms with Crippen LogP contribution in [0.3, 0.4) is 0 Å². The van der Waals surface area contributed by atoms with Gasteiger partial charge in [0.15, 0.2) is 0 Å². The molecule has 1 aromatic carbocycles. The van der Waals surface area contributed by atoms with Crippen LogP contribution in [0.5, 0.6) is 0 Å². The molecule has 5 nitrogen and oxygen atoms in total. The summed E-state index contributed by atoms with van der Waals surface area (Å²) in [6, 6.07) is 7.48. The first-order valence-electron chi connectivity index (χ1n) is 8.11. The van der Waals surface area contributed by atoms with Gasteiger partial charge >= 0.3 is 0 Å². The Morgan fingerprint density at radius 1 is 1.12 bits per heavy atom. The molecular weight excluding hydrogens is 345 g/mol. The fraction of sp³-hybridized carbons (Fsp3) is 0.412. The van der Waals surface area contributed by atoms with Crippen molar-refractivity contribution in [3.63, 3.8) is 0 Å². The number of nitrogens with zero attached hydrogens (tertiary/aromatic N) is 4. The molecule has 0 aliphatic carbocycles. The minimum Gasteiger partial charge on any atom is -0.354 e. The highest BCUT2D eigenvalue weighted by Gasteiger charge is 2.18. The third kappa shape index (κ3) is 3.91. The van der Waals surface area contributed by atoms with Gasteiger partial charge in [-0.05, 0) is 25.6 Å². The summed E-state index contributed by atoms with van der Waals surface area (Å²) in [4.78, 5) is 13.9. The summed E-state index contributed by atoms with van der Waals surface area (Å²) < 4.78 is 0. The number of aryl methyl sites for hydroxylation is 1. The van der Waals surface area contributed by atoms with Crippen molar-refractivity contribution >= 4 is 40.7 Å². The lowest BCUT2D eigenvalue weighted by Gasteiger charge is -2.34. The number of nitrogens with one attached hydrogen (secondary N) is 1. The van der Waals surface area contributed by atoms with Crippen molar-refractivity contribution < 1.29 is 0 Å². The molecule has 3 rings (SSSR count). The lowest BCUT2D eigenvalue weighted by Crippen LogP contribution is -2.46. The summed E-state index contributed by atoms with van der Waals surface area (Å²) >= 11 is 12.3. The molecule has 1 aliphatic heterocycles. The van der Waals surface area contributed by atoms with Crippen molar-refractivity contribution in [2.75, 3.05) is 42.9 Å². The van der Waals surface area contributed by atoms with E-state index in [1.165, 1.54) is 0 Å². The summed E-state index contributed by atoms with van der Waals surface area (Å²) in [6.07, 6.45) is 0. The first-order valence-corrected chi connectivity index (χ1v) is 8.86. The molecule has 0 radical (unpaired) electrons. The number of piperazine rings is 1. The first kappa shape index (κ1) is 17.3. The molecule has 1 saturated heterocycles. The Morgan fingerprint density at radius 2 is 1.88 bits per heavy atom. The monoisotopic (exact) mass is 365 g/mol. The zero-order chi connectivity index (χ0) is 17.1. The van der Waals surface area contributed by atoms with Crippen LogP contribution in [0.15, 0.2) is 24.3 Å². The fourth-order valence-electron chi connectivity index (χ4n) is 2.78. The fourth-order valence-corrected chi connectivity index (χ4v) is 3.13. The molecular formula is C17H21Cl2N5. The van der Waals surface area contributed by atoms with Gasteiger partial charge in [0.05, 0.1) is 15.7 Å². The predicted molar refractivity (Wildman–Crippen MR) is 101 cm³/mol. The van der Waals surface area contributed by atoms with Gasteiger partial charge in [-0.2, -0.15) is 4.98 Å². The van der Waals surface area contributed by atoms with E-state index in [1.54, 1.807) is 6.07 Å². The summed E-state index contributed by atoms with van der Waals surface area (Å²) in [5.74, 6) is 1.48. The minimum absolute atomic E-state index is 0.474. The molecule has 2 heterocycles. The van der Waals surface area contributed by atoms with Gasteiger partial charge < -0.3 is 15.1 Å². The van der Waals surface area contributed by atoms with E-state index in [9.17, 15) is 0 Å². The Labute approximate surface area is 152 Å². The first-order chi connectivity index (χ1) is 11.6. The van der Waals surface area contributed by atoms with E-state index >= 15 is 0 Å². The number of hydrogen-bond acceptors (Lipinski definition) is 5. The topological polar surface area (TPSA) is 44.3 Å². The largest absolute Gasteiger partial charge is 0.354 e. The van der Waals surface area contributed by atoms with Crippen LogP contribution in [0, 0.1) is 6.92 Å². The lowest BCUT2D eigenvalue weighted by atomic mass is 10.3. The number of halogens is 2. The summed E-state index contributed by atoms with van der Waals surface area (Å²) in [7, 11) is 0. The standard InChI is InChI=1S/C17H21Cl2N5/c1-3-23-7-9-24(10-8-23)15-11-12(2)20-17(22-15)21-14-6-4-5-13(18)16(14)19/h4-6,11H,3,7-10H2,1-2H3,(H,20,21,22). The molecule has 0 amide bonds. The quantitative estimate of drug-likeness (QED) is 0.887. The van der Waals surface area contributed by atoms with Crippen molar-refractivity contribution in [1.82, 2.24) is 14.9 Å². The van der Waals surface area contributed by atoms with Crippen LogP contribution in [-0.4, -0.2) is 47.6 Å². The number of anilines is 3. The van der Waals surface area contributed by atoms with Gasteiger partial charge in [0.2, 0.25) is 5.95 Å². The van der Waals surface area contributed by atoms with Crippen LogP contribution in [0.25, 0.3) is 0 Å². The zero-order valence-electron chi connectivity index (χ0n) is 13.9. The van der Waals surface area contributed by atoms with Crippen LogP contribution in [-0.2, 0) is 0 Å². The molecule has 0 bridgehead atoms. The number of likely N-dealkylation sites (N-methyl/N-ethyl adjacent to an activating group) is 1. The predicted octanol–water partition coefficient (Wildman–Crippen LogP) is 3.98. The van der Waals surface area contributed by atoms with E-state index in [4.69, 9.17) is 23.2 Å². The van der Waals surface area contributed by atoms with Crippen LogP contribution >= 0.6 is 23.2 Å². The van der Waals surface area contributed by atoms with Gasteiger partial charge in [-0.15, -0.1) is 0 Å². The normalized spacial score (nSPS) is 15.6. The SMILES string of the molecule is CCN1CCN(c2cc(C)nc(Nc3cccc(Cl)c3Cl)n2)CC1. The second kappa shape index (κ2) is 7.55. The van der Waals surface area contributed by atoms with Gasteiger partial charge in [0, 0.05) is 37.9 Å². The molecule has 24 heavy (non-hydrogen) atoms. The molecule has 1 N–H and O–H groups in total. The van der Waals surface area contributed by atoms with Crippen molar-refractivity contribution in [2.24, 2.45) is 0 Å². The number of rotatable bonds is 4. The highest BCUT2D eigenvalue weighted by Crippen LogP contribution is 2.31. The summed E-state index contributed by atoms with van der Waals surface area (Å²) in [5.41, 5.74) is 1.62. The van der Waals surface area contributed by atoms with Crippen LogP contribution in [0.1, 0.15) is 12.6 Å². The zero-order valence-corrected chi connectivity index (χ0v) is 15.4. The molecule has 0 unspecified atom stereocenters. The molecule has 0 saturated carbocycles. The third-order valence-corrected chi connectivity index (χ3v) is 5.00. The number of hydrogen-bond donors (Lipinski definition) is 1. The third-order valence-electron chi connectivity index (χ3n) is 4.18. The van der Waals surface area contributed by atoms with Crippen molar-refractivity contribution in [3.05, 3.63) is 40.0 Å². The second-order valence-corrected chi connectivity index (χ2v) is 6.62. The van der Waals surface area contributed by atoms with Gasteiger partial charge in [-0.25, -0.2) is 4.98 Å². The van der Waals surface area contributed by atoms with Gasteiger partial charge in [-0.1, -0.05) is 36.2 Å². The second-order valence-electron chi connectivity index (χ2n) is 5.84. The Morgan fingerprint density at radius 3 is 2.58 bits per heavy atom.